The third-order valence-electron chi connectivity index (χ3n) is 3.77. The number of ether oxygens (including phenoxy) is 1. The lowest BCUT2D eigenvalue weighted by Crippen LogP contribution is -2.50. The van der Waals surface area contributed by atoms with E-state index >= 15 is 0 Å². The number of hydrogen-bond acceptors (Lipinski definition) is 3. The van der Waals surface area contributed by atoms with Crippen molar-refractivity contribution in [2.24, 2.45) is 5.92 Å². The van der Waals surface area contributed by atoms with Gasteiger partial charge in [0.1, 0.15) is 0 Å². The van der Waals surface area contributed by atoms with Gasteiger partial charge in [0.05, 0.1) is 12.7 Å². The number of rotatable bonds is 7. The molecule has 1 rings (SSSR count). The lowest BCUT2D eigenvalue weighted by Gasteiger charge is -2.35. The summed E-state index contributed by atoms with van der Waals surface area (Å²) in [5, 5.41) is 3.70. The van der Waals surface area contributed by atoms with Gasteiger partial charge >= 0.3 is 0 Å². The molecule has 0 aromatic carbocycles. The lowest BCUT2D eigenvalue weighted by atomic mass is 9.98. The predicted octanol–water partition coefficient (Wildman–Crippen LogP) is 2.12. The summed E-state index contributed by atoms with van der Waals surface area (Å²) in [6, 6.07) is 0.630. The molecular weight excluding hydrogens is 212 g/mol. The van der Waals surface area contributed by atoms with Gasteiger partial charge in [-0.25, -0.2) is 0 Å². The van der Waals surface area contributed by atoms with E-state index in [0.29, 0.717) is 12.1 Å². The molecule has 1 aliphatic heterocycles. The lowest BCUT2D eigenvalue weighted by molar-refractivity contribution is -0.0228. The molecule has 3 atom stereocenters. The topological polar surface area (TPSA) is 24.5 Å². The number of nitrogens with zero attached hydrogens (tertiary/aromatic N) is 1. The average molecular weight is 242 g/mol. The highest BCUT2D eigenvalue weighted by Gasteiger charge is 2.22. The molecule has 0 saturated carbocycles. The first-order chi connectivity index (χ1) is 8.17. The van der Waals surface area contributed by atoms with Crippen molar-refractivity contribution >= 4 is 0 Å². The van der Waals surface area contributed by atoms with Gasteiger partial charge in [-0.15, -0.1) is 0 Å². The molecule has 17 heavy (non-hydrogen) atoms. The van der Waals surface area contributed by atoms with Crippen LogP contribution in [0.25, 0.3) is 0 Å². The summed E-state index contributed by atoms with van der Waals surface area (Å²) in [6.45, 7) is 14.4. The van der Waals surface area contributed by atoms with E-state index in [4.69, 9.17) is 4.74 Å². The maximum Gasteiger partial charge on any atom is 0.0674 e. The summed E-state index contributed by atoms with van der Waals surface area (Å²) in [6.07, 6.45) is 2.86. The van der Waals surface area contributed by atoms with E-state index in [1.165, 1.54) is 19.4 Å². The van der Waals surface area contributed by atoms with E-state index in [0.717, 1.165) is 32.2 Å². The molecule has 1 aliphatic rings. The third-order valence-corrected chi connectivity index (χ3v) is 3.77. The zero-order valence-electron chi connectivity index (χ0n) is 12.0. The second kappa shape index (κ2) is 8.06. The van der Waals surface area contributed by atoms with Gasteiger partial charge in [0.25, 0.3) is 0 Å². The molecule has 0 amide bonds. The van der Waals surface area contributed by atoms with Crippen molar-refractivity contribution in [2.75, 3.05) is 32.8 Å². The second-order valence-electron chi connectivity index (χ2n) is 5.39. The van der Waals surface area contributed by atoms with Gasteiger partial charge in [-0.2, -0.15) is 0 Å². The van der Waals surface area contributed by atoms with Crippen molar-refractivity contribution < 1.29 is 4.74 Å². The van der Waals surface area contributed by atoms with E-state index in [9.17, 15) is 0 Å². The van der Waals surface area contributed by atoms with Gasteiger partial charge in [-0.1, -0.05) is 27.2 Å². The largest absolute Gasteiger partial charge is 0.376 e. The summed E-state index contributed by atoms with van der Waals surface area (Å²) in [5.41, 5.74) is 0. The maximum absolute atomic E-state index is 5.60. The van der Waals surface area contributed by atoms with Crippen LogP contribution in [0.15, 0.2) is 0 Å². The van der Waals surface area contributed by atoms with Crippen LogP contribution in [-0.2, 0) is 4.74 Å². The van der Waals surface area contributed by atoms with E-state index in [1.54, 1.807) is 0 Å². The van der Waals surface area contributed by atoms with E-state index < -0.39 is 0 Å². The molecule has 102 valence electrons. The molecule has 1 fully saturated rings. The van der Waals surface area contributed by atoms with Crippen LogP contribution >= 0.6 is 0 Å². The Kier molecular flexibility index (Phi) is 7.09. The molecule has 0 radical (unpaired) electrons. The number of hydrogen-bond donors (Lipinski definition) is 1. The van der Waals surface area contributed by atoms with Gasteiger partial charge < -0.3 is 10.1 Å². The van der Waals surface area contributed by atoms with Crippen LogP contribution in [0.3, 0.4) is 0 Å². The highest BCUT2D eigenvalue weighted by Crippen LogP contribution is 2.12. The van der Waals surface area contributed by atoms with Crippen molar-refractivity contribution in [1.29, 1.82) is 0 Å². The molecule has 3 nitrogen and oxygen atoms in total. The highest BCUT2D eigenvalue weighted by molar-refractivity contribution is 4.79. The molecule has 1 N–H and O–H groups in total. The number of morpholine rings is 1. The number of nitrogens with one attached hydrogen (secondary N) is 1. The molecule has 0 aromatic rings. The predicted molar refractivity (Wildman–Crippen MR) is 73.4 cm³/mol. The first-order valence-electron chi connectivity index (χ1n) is 7.24. The van der Waals surface area contributed by atoms with Gasteiger partial charge in [-0.3, -0.25) is 4.90 Å². The van der Waals surface area contributed by atoms with Crippen molar-refractivity contribution in [2.45, 2.75) is 52.7 Å². The molecule has 1 heterocycles. The maximum atomic E-state index is 5.60. The fourth-order valence-corrected chi connectivity index (χ4v) is 2.39. The first-order valence-corrected chi connectivity index (χ1v) is 7.24. The molecule has 3 heteroatoms. The van der Waals surface area contributed by atoms with E-state index in [1.807, 2.05) is 0 Å². The Bertz CT molecular complexity index is 199. The summed E-state index contributed by atoms with van der Waals surface area (Å²) in [4.78, 5) is 2.55. The molecule has 0 aromatic heterocycles. The fraction of sp³-hybridized carbons (Fsp3) is 1.00. The van der Waals surface area contributed by atoms with Crippen LogP contribution in [0.2, 0.25) is 0 Å². The molecular formula is C14H30N2O. The zero-order valence-corrected chi connectivity index (χ0v) is 12.0. The quantitative estimate of drug-likeness (QED) is 0.740. The van der Waals surface area contributed by atoms with E-state index in [-0.39, 0.29) is 0 Å². The Balaban J connectivity index is 2.40. The fourth-order valence-electron chi connectivity index (χ4n) is 2.39. The van der Waals surface area contributed by atoms with Crippen LogP contribution < -0.4 is 5.32 Å². The zero-order chi connectivity index (χ0) is 12.7. The average Bonchev–Trinajstić information content (AvgIpc) is 2.33. The van der Waals surface area contributed by atoms with Gasteiger partial charge in [0, 0.05) is 25.7 Å². The minimum atomic E-state index is 0.396. The van der Waals surface area contributed by atoms with Crippen LogP contribution in [0, 0.1) is 5.92 Å². The first kappa shape index (κ1) is 14.9. The second-order valence-corrected chi connectivity index (χ2v) is 5.39. The summed E-state index contributed by atoms with van der Waals surface area (Å²) in [7, 11) is 0. The SMILES string of the molecule is CCCNC(CN1CCOC(C)C1)C(C)CC. The van der Waals surface area contributed by atoms with Crippen molar-refractivity contribution in [3.63, 3.8) is 0 Å². The third kappa shape index (κ3) is 5.36. The standard InChI is InChI=1S/C14H30N2O/c1-5-7-15-14(12(3)6-2)11-16-8-9-17-13(4)10-16/h12-15H,5-11H2,1-4H3. The van der Waals surface area contributed by atoms with Gasteiger partial charge in [-0.05, 0) is 25.8 Å². The van der Waals surface area contributed by atoms with Crippen LogP contribution in [0.1, 0.15) is 40.5 Å². The van der Waals surface area contributed by atoms with Crippen LogP contribution in [0.5, 0.6) is 0 Å². The minimum Gasteiger partial charge on any atom is -0.376 e. The molecule has 0 bridgehead atoms. The van der Waals surface area contributed by atoms with Crippen molar-refractivity contribution in [3.05, 3.63) is 0 Å². The molecule has 3 unspecified atom stereocenters. The Hall–Kier alpha value is -0.120. The molecule has 1 saturated heterocycles. The Labute approximate surface area is 107 Å². The van der Waals surface area contributed by atoms with Crippen molar-refractivity contribution in [1.82, 2.24) is 10.2 Å². The Morgan fingerprint density at radius 2 is 2.18 bits per heavy atom. The normalized spacial score (nSPS) is 25.8. The van der Waals surface area contributed by atoms with Crippen LogP contribution in [-0.4, -0.2) is 49.8 Å². The van der Waals surface area contributed by atoms with Gasteiger partial charge in [0.2, 0.25) is 0 Å². The smallest absolute Gasteiger partial charge is 0.0674 e. The van der Waals surface area contributed by atoms with Crippen LogP contribution in [0.4, 0.5) is 0 Å². The summed E-state index contributed by atoms with van der Waals surface area (Å²) >= 11 is 0. The summed E-state index contributed by atoms with van der Waals surface area (Å²) < 4.78 is 5.60. The summed E-state index contributed by atoms with van der Waals surface area (Å²) in [5.74, 6) is 0.750. The Morgan fingerprint density at radius 3 is 2.76 bits per heavy atom. The Morgan fingerprint density at radius 1 is 1.41 bits per heavy atom. The van der Waals surface area contributed by atoms with Gasteiger partial charge in [0.15, 0.2) is 0 Å². The minimum absolute atomic E-state index is 0.396. The van der Waals surface area contributed by atoms with Crippen molar-refractivity contribution in [3.8, 4) is 0 Å². The molecule has 0 spiro atoms. The molecule has 0 aliphatic carbocycles. The highest BCUT2D eigenvalue weighted by atomic mass is 16.5. The van der Waals surface area contributed by atoms with E-state index in [2.05, 4.69) is 37.9 Å². The monoisotopic (exact) mass is 242 g/mol.